The molecule has 4 heteroatoms. The Kier molecular flexibility index (Phi) is 4.71. The number of hydrogen-bond donors (Lipinski definition) is 1. The number of nitrogens with one attached hydrogen (secondary N) is 1. The maximum atomic E-state index is 12.3. The van der Waals surface area contributed by atoms with E-state index in [0.717, 1.165) is 17.7 Å². The van der Waals surface area contributed by atoms with Gasteiger partial charge in [0.1, 0.15) is 0 Å². The van der Waals surface area contributed by atoms with Crippen molar-refractivity contribution in [2.45, 2.75) is 6.42 Å². The summed E-state index contributed by atoms with van der Waals surface area (Å²) in [4.78, 5) is 18.1. The average molecular weight is 269 g/mol. The molecule has 1 heterocycles. The van der Waals surface area contributed by atoms with Crippen molar-refractivity contribution in [3.63, 3.8) is 0 Å². The first-order valence-electron chi connectivity index (χ1n) is 6.63. The number of amides is 1. The lowest BCUT2D eigenvalue weighted by atomic mass is 10.1. The first-order chi connectivity index (χ1) is 9.70. The van der Waals surface area contributed by atoms with Gasteiger partial charge in [0, 0.05) is 44.3 Å². The molecule has 1 aromatic heterocycles. The maximum absolute atomic E-state index is 12.3. The molecule has 20 heavy (non-hydrogen) atoms. The van der Waals surface area contributed by atoms with Gasteiger partial charge in [0.15, 0.2) is 0 Å². The summed E-state index contributed by atoms with van der Waals surface area (Å²) in [5.41, 5.74) is 2.78. The summed E-state index contributed by atoms with van der Waals surface area (Å²) in [6, 6.07) is 11.5. The van der Waals surface area contributed by atoms with Crippen LogP contribution in [0, 0.1) is 0 Å². The molecule has 2 rings (SSSR count). The van der Waals surface area contributed by atoms with Crippen LogP contribution < -0.4 is 5.32 Å². The highest BCUT2D eigenvalue weighted by atomic mass is 16.2. The fraction of sp³-hybridized carbons (Fsp3) is 0.250. The monoisotopic (exact) mass is 269 g/mol. The Bertz CT molecular complexity index is 569. The summed E-state index contributed by atoms with van der Waals surface area (Å²) >= 11 is 0. The van der Waals surface area contributed by atoms with Crippen LogP contribution in [-0.4, -0.2) is 36.4 Å². The molecule has 0 saturated carbocycles. The van der Waals surface area contributed by atoms with Crippen LogP contribution in [0.4, 0.5) is 5.69 Å². The van der Waals surface area contributed by atoms with Crippen LogP contribution >= 0.6 is 0 Å². The van der Waals surface area contributed by atoms with Crippen molar-refractivity contribution in [2.24, 2.45) is 0 Å². The Morgan fingerprint density at radius 2 is 2.15 bits per heavy atom. The molecule has 104 valence electrons. The molecule has 2 aromatic rings. The van der Waals surface area contributed by atoms with Gasteiger partial charge in [0.2, 0.25) is 0 Å². The molecular weight excluding hydrogens is 250 g/mol. The number of benzene rings is 1. The summed E-state index contributed by atoms with van der Waals surface area (Å²) in [6.45, 7) is 0.675. The molecule has 0 aliphatic heterocycles. The molecular formula is C16H19N3O. The van der Waals surface area contributed by atoms with Crippen LogP contribution in [0.3, 0.4) is 0 Å². The quantitative estimate of drug-likeness (QED) is 0.906. The van der Waals surface area contributed by atoms with E-state index < -0.39 is 0 Å². The smallest absolute Gasteiger partial charge is 0.253 e. The molecule has 0 aliphatic rings. The predicted molar refractivity (Wildman–Crippen MR) is 80.9 cm³/mol. The second-order valence-corrected chi connectivity index (χ2v) is 4.67. The minimum atomic E-state index is 0.0333. The van der Waals surface area contributed by atoms with Crippen LogP contribution in [-0.2, 0) is 6.42 Å². The third kappa shape index (κ3) is 3.57. The van der Waals surface area contributed by atoms with E-state index in [2.05, 4.69) is 10.3 Å². The zero-order chi connectivity index (χ0) is 14.4. The molecule has 0 fully saturated rings. The third-order valence-electron chi connectivity index (χ3n) is 3.20. The molecule has 1 aromatic carbocycles. The number of carbonyl (C=O) groups excluding carboxylic acids is 1. The number of carbonyl (C=O) groups is 1. The summed E-state index contributed by atoms with van der Waals surface area (Å²) in [7, 11) is 3.67. The first-order valence-corrected chi connectivity index (χ1v) is 6.63. The van der Waals surface area contributed by atoms with E-state index >= 15 is 0 Å². The zero-order valence-electron chi connectivity index (χ0n) is 11.8. The van der Waals surface area contributed by atoms with Gasteiger partial charge in [-0.2, -0.15) is 0 Å². The summed E-state index contributed by atoms with van der Waals surface area (Å²) in [5, 5.41) is 3.04. The first kappa shape index (κ1) is 14.1. The van der Waals surface area contributed by atoms with Gasteiger partial charge in [-0.3, -0.25) is 9.78 Å². The van der Waals surface area contributed by atoms with Crippen molar-refractivity contribution in [2.75, 3.05) is 26.0 Å². The summed E-state index contributed by atoms with van der Waals surface area (Å²) < 4.78 is 0. The Morgan fingerprint density at radius 3 is 2.85 bits per heavy atom. The largest absolute Gasteiger partial charge is 0.388 e. The molecule has 0 aliphatic carbocycles. The lowest BCUT2D eigenvalue weighted by Crippen LogP contribution is -2.28. The van der Waals surface area contributed by atoms with Gasteiger partial charge in [-0.25, -0.2) is 0 Å². The fourth-order valence-corrected chi connectivity index (χ4v) is 1.97. The number of anilines is 1. The Hall–Kier alpha value is -2.36. The Balaban J connectivity index is 1.98. The van der Waals surface area contributed by atoms with Crippen molar-refractivity contribution < 1.29 is 4.79 Å². The fourth-order valence-electron chi connectivity index (χ4n) is 1.97. The second-order valence-electron chi connectivity index (χ2n) is 4.67. The van der Waals surface area contributed by atoms with Crippen molar-refractivity contribution in [1.29, 1.82) is 0 Å². The Labute approximate surface area is 119 Å². The van der Waals surface area contributed by atoms with Gasteiger partial charge in [-0.1, -0.05) is 12.1 Å². The highest BCUT2D eigenvalue weighted by Gasteiger charge is 2.11. The van der Waals surface area contributed by atoms with E-state index in [9.17, 15) is 4.79 Å². The van der Waals surface area contributed by atoms with Crippen molar-refractivity contribution in [3.05, 3.63) is 59.9 Å². The molecule has 0 atom stereocenters. The number of aromatic nitrogens is 1. The normalized spacial score (nSPS) is 10.1. The van der Waals surface area contributed by atoms with Crippen molar-refractivity contribution in [1.82, 2.24) is 9.88 Å². The average Bonchev–Trinajstić information content (AvgIpc) is 2.53. The highest BCUT2D eigenvalue weighted by Crippen LogP contribution is 2.12. The van der Waals surface area contributed by atoms with E-state index in [4.69, 9.17) is 0 Å². The minimum Gasteiger partial charge on any atom is -0.388 e. The molecule has 0 saturated heterocycles. The molecule has 1 amide bonds. The number of rotatable bonds is 5. The van der Waals surface area contributed by atoms with Gasteiger partial charge < -0.3 is 10.2 Å². The lowest BCUT2D eigenvalue weighted by molar-refractivity contribution is 0.0796. The SMILES string of the molecule is CNc1cccc(C(=O)N(C)CCc2cccnc2)c1. The maximum Gasteiger partial charge on any atom is 0.253 e. The third-order valence-corrected chi connectivity index (χ3v) is 3.20. The molecule has 0 radical (unpaired) electrons. The van der Waals surface area contributed by atoms with Crippen LogP contribution in [0.15, 0.2) is 48.8 Å². The summed E-state index contributed by atoms with van der Waals surface area (Å²) in [6.07, 6.45) is 4.39. The molecule has 0 unspecified atom stereocenters. The van der Waals surface area contributed by atoms with E-state index in [1.807, 2.05) is 56.7 Å². The molecule has 4 nitrogen and oxygen atoms in total. The molecule has 0 bridgehead atoms. The second kappa shape index (κ2) is 6.70. The van der Waals surface area contributed by atoms with Gasteiger partial charge in [-0.15, -0.1) is 0 Å². The van der Waals surface area contributed by atoms with Gasteiger partial charge >= 0.3 is 0 Å². The number of pyridine rings is 1. The van der Waals surface area contributed by atoms with Crippen LogP contribution in [0.25, 0.3) is 0 Å². The molecule has 1 N–H and O–H groups in total. The van der Waals surface area contributed by atoms with Crippen LogP contribution in [0.1, 0.15) is 15.9 Å². The predicted octanol–water partition coefficient (Wildman–Crippen LogP) is 2.44. The van der Waals surface area contributed by atoms with Gasteiger partial charge in [-0.05, 0) is 36.2 Å². The number of hydrogen-bond acceptors (Lipinski definition) is 3. The van der Waals surface area contributed by atoms with E-state index in [1.54, 1.807) is 11.1 Å². The van der Waals surface area contributed by atoms with E-state index in [1.165, 1.54) is 0 Å². The standard InChI is InChI=1S/C16H19N3O/c1-17-15-7-3-6-14(11-15)16(20)19(2)10-8-13-5-4-9-18-12-13/h3-7,9,11-12,17H,8,10H2,1-2H3. The van der Waals surface area contributed by atoms with E-state index in [0.29, 0.717) is 12.1 Å². The highest BCUT2D eigenvalue weighted by molar-refractivity contribution is 5.94. The number of likely N-dealkylation sites (N-methyl/N-ethyl adjacent to an activating group) is 1. The summed E-state index contributed by atoms with van der Waals surface area (Å²) in [5.74, 6) is 0.0333. The van der Waals surface area contributed by atoms with Gasteiger partial charge in [0.05, 0.1) is 0 Å². The zero-order valence-corrected chi connectivity index (χ0v) is 11.8. The Morgan fingerprint density at radius 1 is 1.30 bits per heavy atom. The van der Waals surface area contributed by atoms with Gasteiger partial charge in [0.25, 0.3) is 5.91 Å². The lowest BCUT2D eigenvalue weighted by Gasteiger charge is -2.17. The number of nitrogens with zero attached hydrogens (tertiary/aromatic N) is 2. The van der Waals surface area contributed by atoms with Crippen molar-refractivity contribution in [3.8, 4) is 0 Å². The van der Waals surface area contributed by atoms with Crippen LogP contribution in [0.5, 0.6) is 0 Å². The van der Waals surface area contributed by atoms with Crippen molar-refractivity contribution >= 4 is 11.6 Å². The van der Waals surface area contributed by atoms with Crippen LogP contribution in [0.2, 0.25) is 0 Å². The molecule has 0 spiro atoms. The minimum absolute atomic E-state index is 0.0333. The van der Waals surface area contributed by atoms with E-state index in [-0.39, 0.29) is 5.91 Å². The topological polar surface area (TPSA) is 45.2 Å².